The predicted molar refractivity (Wildman–Crippen MR) is 526 cm³/mol. The molecular formula is C119H81N7. The van der Waals surface area contributed by atoms with Gasteiger partial charge >= 0.3 is 0 Å². The van der Waals surface area contributed by atoms with E-state index >= 15 is 0 Å². The normalized spacial score (nSPS) is 14.0. The van der Waals surface area contributed by atoms with Gasteiger partial charge in [0.25, 0.3) is 0 Å². The van der Waals surface area contributed by atoms with Crippen LogP contribution in [0.1, 0.15) is 74.9 Å². The first-order chi connectivity index (χ1) is 61.7. The summed E-state index contributed by atoms with van der Waals surface area (Å²) < 4.78 is 12.2. The van der Waals surface area contributed by atoms with Crippen molar-refractivity contribution >= 4 is 120 Å². The van der Waals surface area contributed by atoms with E-state index in [2.05, 4.69) is 447 Å². The van der Waals surface area contributed by atoms with Crippen molar-refractivity contribution in [1.82, 2.24) is 32.8 Å². The van der Waals surface area contributed by atoms with Crippen LogP contribution in [0.4, 0.5) is 0 Å². The molecule has 6 aromatic heterocycles. The third-order valence-corrected chi connectivity index (χ3v) is 29.1. The molecule has 7 nitrogen and oxygen atoms in total. The lowest BCUT2D eigenvalue weighted by atomic mass is 9.82. The second-order valence-corrected chi connectivity index (χ2v) is 36.8. The standard InChI is InChI=1S/C119H81N7/c1-117(2)98-34-15-7-26-81(98)84-51-48-78(67-101(84)117)123-106-39-20-12-30-88(106)93-62-71(43-55-110(93)123)70-42-54-109-92(61-70)87-29-11-19-38-105(87)122(109)77-25-23-24-76(60-77)115-91-33-10-18-37-104(91)120-116(121-115)126-113-58-46-74(72-44-56-111-94(63-72)89-31-13-21-40-107(89)124(111)79-49-52-85-82-27-8-16-35-99(82)118(3,4)102(85)68-79)65-96(113)97-66-75(47-59-114(97)126)73-45-57-112-95(64-73)90-32-14-22-41-108(90)125(112)80-50-53-86-83-28-9-17-36-100(83)119(5,6)103(86)69-80/h7-69H,1-6H3. The first-order valence-electron chi connectivity index (χ1n) is 44.1. The summed E-state index contributed by atoms with van der Waals surface area (Å²) in [6.07, 6.45) is 0. The zero-order valence-corrected chi connectivity index (χ0v) is 70.5. The maximum Gasteiger partial charge on any atom is 0.235 e. The topological polar surface area (TPSA) is 50.4 Å². The Labute approximate surface area is 727 Å². The molecule has 0 atom stereocenters. The largest absolute Gasteiger partial charge is 0.309 e. The van der Waals surface area contributed by atoms with E-state index in [0.29, 0.717) is 5.95 Å². The van der Waals surface area contributed by atoms with Gasteiger partial charge in [-0.15, -0.1) is 0 Å². The van der Waals surface area contributed by atoms with Crippen LogP contribution >= 0.6 is 0 Å². The molecule has 0 amide bonds. The Kier molecular flexibility index (Phi) is 14.5. The minimum Gasteiger partial charge on any atom is -0.309 e. The third-order valence-electron chi connectivity index (χ3n) is 29.1. The summed E-state index contributed by atoms with van der Waals surface area (Å²) in [6, 6.07) is 143. The van der Waals surface area contributed by atoms with Gasteiger partial charge in [-0.2, -0.15) is 0 Å². The monoisotopic (exact) mass is 1610 g/mol. The van der Waals surface area contributed by atoms with Crippen LogP contribution in [-0.4, -0.2) is 32.8 Å². The molecule has 0 bridgehead atoms. The zero-order chi connectivity index (χ0) is 83.5. The van der Waals surface area contributed by atoms with Gasteiger partial charge in [-0.05, 0) is 252 Å². The SMILES string of the molecule is CC1(C)c2ccccc2-c2ccc(-n3c4ccccc4c4cc(-c5ccc6c(c5)c5ccccc5n6-c5cccc(-c6nc(-n7c8ccc(-c9ccc%10c(c9)c9ccccc9n%10-c9ccc%10c(c9)C(C)(C)c9ccccc9-%10)cc8c8cc(-c9ccc%10c(c9)c9ccccc9n%10-c9ccc%10c(c9)C(C)(C)c9ccccc9-%10)ccc87)nc7ccccc67)c5)ccc43)cc21. The molecule has 27 rings (SSSR count). The van der Waals surface area contributed by atoms with Crippen LogP contribution < -0.4 is 0 Å². The highest BCUT2D eigenvalue weighted by atomic mass is 15.2. The second kappa shape index (κ2) is 25.7. The summed E-state index contributed by atoms with van der Waals surface area (Å²) in [5.41, 5.74) is 41.3. The fourth-order valence-electron chi connectivity index (χ4n) is 23.0. The van der Waals surface area contributed by atoms with E-state index in [4.69, 9.17) is 9.97 Å². The minimum absolute atomic E-state index is 0.113. The van der Waals surface area contributed by atoms with Crippen LogP contribution in [0.5, 0.6) is 0 Å². The predicted octanol–water partition coefficient (Wildman–Crippen LogP) is 30.7. The molecule has 7 heteroatoms. The average Bonchev–Trinajstić information content (AvgIpc) is 1.57. The third kappa shape index (κ3) is 9.88. The molecule has 592 valence electrons. The first kappa shape index (κ1) is 70.9. The van der Waals surface area contributed by atoms with Crippen LogP contribution in [-0.2, 0) is 16.2 Å². The van der Waals surface area contributed by atoms with Crippen LogP contribution in [0.25, 0.3) is 227 Å². The number of nitrogens with zero attached hydrogens (tertiary/aromatic N) is 7. The molecule has 18 aromatic carbocycles. The molecule has 24 aromatic rings. The number of para-hydroxylation sites is 5. The highest BCUT2D eigenvalue weighted by Gasteiger charge is 2.39. The Morgan fingerprint density at radius 1 is 0.175 bits per heavy atom. The quantitative estimate of drug-likeness (QED) is 0.145. The molecular weight excluding hydrogens is 1530 g/mol. The summed E-state index contributed by atoms with van der Waals surface area (Å²) >= 11 is 0. The fraction of sp³-hybridized carbons (Fsp3) is 0.0756. The molecule has 0 spiro atoms. The molecule has 6 heterocycles. The average molecular weight is 1610 g/mol. The van der Waals surface area contributed by atoms with Crippen molar-refractivity contribution < 1.29 is 0 Å². The molecule has 0 saturated heterocycles. The maximum absolute atomic E-state index is 5.85. The Morgan fingerprint density at radius 2 is 0.444 bits per heavy atom. The van der Waals surface area contributed by atoms with E-state index in [9.17, 15) is 0 Å². The molecule has 0 aliphatic heterocycles. The van der Waals surface area contributed by atoms with Crippen LogP contribution in [0.2, 0.25) is 0 Å². The molecule has 0 unspecified atom stereocenters. The number of hydrogen-bond acceptors (Lipinski definition) is 2. The summed E-state index contributed by atoms with van der Waals surface area (Å²) in [4.78, 5) is 11.5. The van der Waals surface area contributed by atoms with E-state index in [-0.39, 0.29) is 16.2 Å². The maximum atomic E-state index is 5.85. The van der Waals surface area contributed by atoms with E-state index in [1.165, 1.54) is 160 Å². The van der Waals surface area contributed by atoms with Crippen molar-refractivity contribution in [2.24, 2.45) is 0 Å². The van der Waals surface area contributed by atoms with Crippen molar-refractivity contribution in [2.75, 3.05) is 0 Å². The van der Waals surface area contributed by atoms with E-state index in [1.807, 2.05) is 0 Å². The second-order valence-electron chi connectivity index (χ2n) is 36.8. The molecule has 0 saturated carbocycles. The Balaban J connectivity index is 0.594. The smallest absolute Gasteiger partial charge is 0.235 e. The van der Waals surface area contributed by atoms with E-state index in [0.717, 1.165) is 94.3 Å². The van der Waals surface area contributed by atoms with Gasteiger partial charge < -0.3 is 18.3 Å². The van der Waals surface area contributed by atoms with Gasteiger partial charge in [0, 0.05) is 104 Å². The number of fused-ring (bicyclic) bond motifs is 25. The Morgan fingerprint density at radius 3 is 0.794 bits per heavy atom. The minimum atomic E-state index is -0.136. The highest BCUT2D eigenvalue weighted by Crippen LogP contribution is 2.55. The molecule has 126 heavy (non-hydrogen) atoms. The van der Waals surface area contributed by atoms with Crippen LogP contribution in [0.15, 0.2) is 382 Å². The van der Waals surface area contributed by atoms with Gasteiger partial charge in [0.15, 0.2) is 0 Å². The summed E-state index contributed by atoms with van der Waals surface area (Å²) in [5, 5.41) is 12.9. The first-order valence-corrected chi connectivity index (χ1v) is 44.1. The molecule has 0 N–H and O–H groups in total. The lowest BCUT2D eigenvalue weighted by Crippen LogP contribution is -2.15. The number of hydrogen-bond donors (Lipinski definition) is 0. The van der Waals surface area contributed by atoms with Crippen molar-refractivity contribution in [3.8, 4) is 107 Å². The number of benzene rings is 18. The molecule has 3 aliphatic carbocycles. The van der Waals surface area contributed by atoms with Crippen molar-refractivity contribution in [2.45, 2.75) is 57.8 Å². The van der Waals surface area contributed by atoms with E-state index < -0.39 is 0 Å². The zero-order valence-electron chi connectivity index (χ0n) is 70.5. The van der Waals surface area contributed by atoms with Gasteiger partial charge in [0.2, 0.25) is 5.95 Å². The van der Waals surface area contributed by atoms with Gasteiger partial charge in [-0.25, -0.2) is 9.97 Å². The lowest BCUT2D eigenvalue weighted by Gasteiger charge is -2.22. The van der Waals surface area contributed by atoms with Gasteiger partial charge in [0.1, 0.15) is 0 Å². The van der Waals surface area contributed by atoms with Gasteiger partial charge in [-0.3, -0.25) is 4.57 Å². The lowest BCUT2D eigenvalue weighted by molar-refractivity contribution is 0.660. The van der Waals surface area contributed by atoms with Crippen LogP contribution in [0, 0.1) is 0 Å². The molecule has 3 aliphatic rings. The number of aromatic nitrogens is 7. The van der Waals surface area contributed by atoms with E-state index in [1.54, 1.807) is 0 Å². The fourth-order valence-corrected chi connectivity index (χ4v) is 23.0. The molecule has 0 radical (unpaired) electrons. The Hall–Kier alpha value is -15.7. The van der Waals surface area contributed by atoms with Crippen LogP contribution in [0.3, 0.4) is 0 Å². The molecule has 0 fully saturated rings. The summed E-state index contributed by atoms with van der Waals surface area (Å²) in [5.74, 6) is 0.599. The van der Waals surface area contributed by atoms with Crippen molar-refractivity contribution in [1.29, 1.82) is 0 Å². The summed E-state index contributed by atoms with van der Waals surface area (Å²) in [6.45, 7) is 14.2. The summed E-state index contributed by atoms with van der Waals surface area (Å²) in [7, 11) is 0. The van der Waals surface area contributed by atoms with Crippen molar-refractivity contribution in [3.05, 3.63) is 416 Å². The Bertz CT molecular complexity index is 8680. The number of rotatable bonds is 9. The van der Waals surface area contributed by atoms with Crippen molar-refractivity contribution in [3.63, 3.8) is 0 Å². The van der Waals surface area contributed by atoms with Gasteiger partial charge in [0.05, 0.1) is 66.4 Å². The van der Waals surface area contributed by atoms with Gasteiger partial charge in [-0.1, -0.05) is 272 Å². The highest BCUT2D eigenvalue weighted by molar-refractivity contribution is 6.17.